The maximum Gasteiger partial charge on any atom is 0.471 e. The molecule has 1 aliphatic carbocycles. The molecule has 0 spiro atoms. The molecule has 3 heterocycles. The summed E-state index contributed by atoms with van der Waals surface area (Å²) in [7, 11) is 0. The first-order chi connectivity index (χ1) is 16.9. The van der Waals surface area contributed by atoms with Crippen LogP contribution in [0.1, 0.15) is 68.3 Å². The third-order valence-corrected chi connectivity index (χ3v) is 7.53. The molecule has 2 aromatic rings. The van der Waals surface area contributed by atoms with Gasteiger partial charge in [0, 0.05) is 42.3 Å². The molecule has 2 fully saturated rings. The number of hydrogen-bond donors (Lipinski definition) is 1. The monoisotopic (exact) mass is 505 g/mol. The molecule has 11 heteroatoms. The lowest BCUT2D eigenvalue weighted by atomic mass is 9.87. The van der Waals surface area contributed by atoms with Crippen LogP contribution in [0.2, 0.25) is 0 Å². The predicted octanol–water partition coefficient (Wildman–Crippen LogP) is 3.87. The summed E-state index contributed by atoms with van der Waals surface area (Å²) in [6.45, 7) is 8.26. The van der Waals surface area contributed by atoms with Gasteiger partial charge in [0.2, 0.25) is 11.7 Å². The molecule has 3 aliphatic rings. The molecule has 1 aromatic carbocycles. The molecule has 194 valence electrons. The van der Waals surface area contributed by atoms with E-state index in [-0.39, 0.29) is 46.7 Å². The summed E-state index contributed by atoms with van der Waals surface area (Å²) >= 11 is 0. The highest BCUT2D eigenvalue weighted by molar-refractivity contribution is 5.99. The summed E-state index contributed by atoms with van der Waals surface area (Å²) in [5, 5.41) is 6.65. The van der Waals surface area contributed by atoms with Gasteiger partial charge in [-0.05, 0) is 45.2 Å². The van der Waals surface area contributed by atoms with Crippen molar-refractivity contribution in [3.05, 3.63) is 35.2 Å². The SMILES string of the molecule is CC(C)(C)N1CC(C(=O)N[C@@H]2CCCC[C@H]2N2Cc3ccc(-c4noc(C(F)(F)F)n4)cc3C2=O)C1. The fourth-order valence-corrected chi connectivity index (χ4v) is 5.33. The summed E-state index contributed by atoms with van der Waals surface area (Å²) in [5.74, 6) is -1.85. The molecule has 5 rings (SSSR count). The lowest BCUT2D eigenvalue weighted by Gasteiger charge is -2.47. The Kier molecular flexibility index (Phi) is 6.09. The van der Waals surface area contributed by atoms with E-state index in [1.54, 1.807) is 17.0 Å². The van der Waals surface area contributed by atoms with E-state index in [0.717, 1.165) is 44.3 Å². The van der Waals surface area contributed by atoms with Crippen molar-refractivity contribution in [1.29, 1.82) is 0 Å². The zero-order valence-electron chi connectivity index (χ0n) is 20.6. The number of nitrogens with one attached hydrogen (secondary N) is 1. The van der Waals surface area contributed by atoms with Gasteiger partial charge in [-0.1, -0.05) is 30.1 Å². The minimum absolute atomic E-state index is 0.0343. The minimum Gasteiger partial charge on any atom is -0.351 e. The molecule has 1 N–H and O–H groups in total. The van der Waals surface area contributed by atoms with Crippen molar-refractivity contribution >= 4 is 11.8 Å². The Balaban J connectivity index is 1.28. The zero-order chi connectivity index (χ0) is 25.8. The fourth-order valence-electron chi connectivity index (χ4n) is 5.33. The van der Waals surface area contributed by atoms with Gasteiger partial charge in [-0.3, -0.25) is 14.5 Å². The van der Waals surface area contributed by atoms with Gasteiger partial charge in [0.1, 0.15) is 0 Å². The van der Waals surface area contributed by atoms with Crippen molar-refractivity contribution in [3.63, 3.8) is 0 Å². The first kappa shape index (κ1) is 24.7. The Labute approximate surface area is 207 Å². The van der Waals surface area contributed by atoms with Crippen molar-refractivity contribution in [3.8, 4) is 11.4 Å². The molecule has 0 unspecified atom stereocenters. The van der Waals surface area contributed by atoms with E-state index >= 15 is 0 Å². The topological polar surface area (TPSA) is 91.6 Å². The fraction of sp³-hybridized carbons (Fsp3) is 0.600. The number of hydrogen-bond acceptors (Lipinski definition) is 6. The van der Waals surface area contributed by atoms with Crippen molar-refractivity contribution in [2.75, 3.05) is 13.1 Å². The van der Waals surface area contributed by atoms with Crippen LogP contribution in [-0.4, -0.2) is 62.5 Å². The molecular weight excluding hydrogens is 475 g/mol. The number of nitrogens with zero attached hydrogens (tertiary/aromatic N) is 4. The van der Waals surface area contributed by atoms with Crippen LogP contribution in [-0.2, 0) is 17.5 Å². The van der Waals surface area contributed by atoms with Crippen LogP contribution in [0, 0.1) is 5.92 Å². The van der Waals surface area contributed by atoms with Gasteiger partial charge in [-0.15, -0.1) is 0 Å². The average Bonchev–Trinajstić information content (AvgIpc) is 3.37. The van der Waals surface area contributed by atoms with Crippen LogP contribution in [0.4, 0.5) is 13.2 Å². The number of halogens is 3. The Morgan fingerprint density at radius 3 is 2.53 bits per heavy atom. The van der Waals surface area contributed by atoms with E-state index in [4.69, 9.17) is 0 Å². The van der Waals surface area contributed by atoms with Crippen LogP contribution in [0.15, 0.2) is 22.7 Å². The van der Waals surface area contributed by atoms with Crippen LogP contribution < -0.4 is 5.32 Å². The van der Waals surface area contributed by atoms with Gasteiger partial charge in [0.15, 0.2) is 0 Å². The van der Waals surface area contributed by atoms with Gasteiger partial charge < -0.3 is 14.7 Å². The third kappa shape index (κ3) is 4.60. The van der Waals surface area contributed by atoms with E-state index in [2.05, 4.69) is 45.7 Å². The number of fused-ring (bicyclic) bond motifs is 1. The Hall–Kier alpha value is -2.95. The Morgan fingerprint density at radius 1 is 1.14 bits per heavy atom. The van der Waals surface area contributed by atoms with Crippen molar-refractivity contribution in [2.45, 2.75) is 76.8 Å². The molecule has 36 heavy (non-hydrogen) atoms. The van der Waals surface area contributed by atoms with Crippen LogP contribution >= 0.6 is 0 Å². The zero-order valence-corrected chi connectivity index (χ0v) is 20.6. The number of aromatic nitrogens is 2. The van der Waals surface area contributed by atoms with Gasteiger partial charge in [0.25, 0.3) is 5.91 Å². The summed E-state index contributed by atoms with van der Waals surface area (Å²) in [5.41, 5.74) is 1.53. The van der Waals surface area contributed by atoms with Crippen LogP contribution in [0.25, 0.3) is 11.4 Å². The summed E-state index contributed by atoms with van der Waals surface area (Å²) in [4.78, 5) is 33.8. The Bertz CT molecular complexity index is 1170. The smallest absolute Gasteiger partial charge is 0.351 e. The minimum atomic E-state index is -4.74. The van der Waals surface area contributed by atoms with E-state index in [1.807, 2.05) is 0 Å². The van der Waals surface area contributed by atoms with Crippen LogP contribution in [0.5, 0.6) is 0 Å². The van der Waals surface area contributed by atoms with Gasteiger partial charge >= 0.3 is 12.1 Å². The summed E-state index contributed by atoms with van der Waals surface area (Å²) in [6, 6.07) is 4.58. The molecule has 8 nitrogen and oxygen atoms in total. The van der Waals surface area contributed by atoms with Gasteiger partial charge in [-0.25, -0.2) is 0 Å². The first-order valence-electron chi connectivity index (χ1n) is 12.3. The number of carbonyl (C=O) groups is 2. The highest BCUT2D eigenvalue weighted by atomic mass is 19.4. The molecule has 2 amide bonds. The normalized spacial score (nSPS) is 23.5. The average molecular weight is 506 g/mol. The van der Waals surface area contributed by atoms with Gasteiger partial charge in [-0.2, -0.15) is 18.2 Å². The second kappa shape index (κ2) is 8.86. The predicted molar refractivity (Wildman–Crippen MR) is 124 cm³/mol. The lowest BCUT2D eigenvalue weighted by molar-refractivity contribution is -0.159. The first-order valence-corrected chi connectivity index (χ1v) is 12.3. The van der Waals surface area contributed by atoms with Crippen molar-refractivity contribution in [2.24, 2.45) is 5.92 Å². The summed E-state index contributed by atoms with van der Waals surface area (Å²) < 4.78 is 42.9. The van der Waals surface area contributed by atoms with Crippen molar-refractivity contribution < 1.29 is 27.3 Å². The standard InChI is InChI=1S/C25H30F3N5O3/c1-24(2,3)32-11-16(12-32)21(34)29-18-6-4-5-7-19(18)33-13-15-9-8-14(10-17(15)22(33)35)20-30-23(36-31-20)25(26,27)28/h8-10,16,18-19H,4-7,11-13H2,1-3H3,(H,29,34)/t18-,19-/m1/s1. The Morgan fingerprint density at radius 2 is 1.86 bits per heavy atom. The number of carbonyl (C=O) groups excluding carboxylic acids is 2. The van der Waals surface area contributed by atoms with E-state index in [0.29, 0.717) is 12.1 Å². The molecule has 0 bridgehead atoms. The molecular formula is C25H30F3N5O3. The highest BCUT2D eigenvalue weighted by Gasteiger charge is 2.43. The number of benzene rings is 1. The third-order valence-electron chi connectivity index (χ3n) is 7.53. The maximum absolute atomic E-state index is 13.4. The molecule has 1 saturated carbocycles. The quantitative estimate of drug-likeness (QED) is 0.679. The lowest BCUT2D eigenvalue weighted by Crippen LogP contribution is -2.62. The van der Waals surface area contributed by atoms with Crippen LogP contribution in [0.3, 0.4) is 0 Å². The molecule has 1 saturated heterocycles. The number of alkyl halides is 3. The molecule has 0 radical (unpaired) electrons. The van der Waals surface area contributed by atoms with E-state index < -0.39 is 12.1 Å². The molecule has 1 aromatic heterocycles. The molecule has 2 aliphatic heterocycles. The second-order valence-electron chi connectivity index (χ2n) is 11.0. The van der Waals surface area contributed by atoms with Crippen molar-refractivity contribution in [1.82, 2.24) is 25.3 Å². The second-order valence-corrected chi connectivity index (χ2v) is 11.0. The number of amides is 2. The van der Waals surface area contributed by atoms with E-state index in [1.165, 1.54) is 6.07 Å². The number of rotatable bonds is 4. The van der Waals surface area contributed by atoms with E-state index in [9.17, 15) is 22.8 Å². The highest BCUT2D eigenvalue weighted by Crippen LogP contribution is 2.35. The summed E-state index contributed by atoms with van der Waals surface area (Å²) in [6.07, 6.45) is -1.19. The largest absolute Gasteiger partial charge is 0.471 e. The number of likely N-dealkylation sites (tertiary alicyclic amines) is 1. The van der Waals surface area contributed by atoms with Gasteiger partial charge in [0.05, 0.1) is 12.0 Å². The maximum atomic E-state index is 13.4. The molecule has 2 atom stereocenters.